The largest absolute Gasteiger partial charge is 1.00 e. The average molecular weight is 677 g/mol. The Balaban J connectivity index is -0.00000882. The highest BCUT2D eigenvalue weighted by Gasteiger charge is 2.20. The molecule has 0 aliphatic carbocycles. The fourth-order valence-corrected chi connectivity index (χ4v) is 10.4. The molecular weight excluding hydrogens is 585 g/mol. The van der Waals surface area contributed by atoms with Gasteiger partial charge in [0.1, 0.15) is 0 Å². The summed E-state index contributed by atoms with van der Waals surface area (Å²) in [5.74, 6) is 0. The maximum absolute atomic E-state index is 2.36. The third-order valence-electron chi connectivity index (χ3n) is 10.1. The first-order valence-electron chi connectivity index (χ1n) is 21.0. The van der Waals surface area contributed by atoms with Gasteiger partial charge in [0.2, 0.25) is 0 Å². The van der Waals surface area contributed by atoms with Gasteiger partial charge in [0, 0.05) is 0 Å². The minimum atomic E-state index is 0. The van der Waals surface area contributed by atoms with Crippen LogP contribution >= 0.6 is 7.92 Å². The second-order valence-corrected chi connectivity index (χ2v) is 17.3. The Morgan fingerprint density at radius 2 is 0.489 bits per heavy atom. The van der Waals surface area contributed by atoms with E-state index in [4.69, 9.17) is 0 Å². The van der Waals surface area contributed by atoms with Crippen LogP contribution in [0.1, 0.15) is 252 Å². The van der Waals surface area contributed by atoms with Crippen molar-refractivity contribution in [1.82, 2.24) is 6.15 Å². The Labute approximate surface area is 295 Å². The van der Waals surface area contributed by atoms with E-state index in [9.17, 15) is 0 Å². The third-order valence-corrected chi connectivity index (χ3v) is 13.5. The topological polar surface area (TPSA) is 36.5 Å². The molecule has 0 bridgehead atoms. The maximum atomic E-state index is 2.36. The molecule has 0 aromatic rings. The lowest BCUT2D eigenvalue weighted by Gasteiger charge is -2.29. The van der Waals surface area contributed by atoms with Gasteiger partial charge in [-0.3, -0.25) is 0 Å². The normalized spacial score (nSPS) is 11.9. The number of halogens is 1. The number of hydrogen-bond donors (Lipinski definition) is 1. The second-order valence-electron chi connectivity index (χ2n) is 14.5. The third kappa shape index (κ3) is 39.0. The number of rotatable bonds is 38. The van der Waals surface area contributed by atoms with Gasteiger partial charge in [-0.15, -0.1) is 7.92 Å². The molecule has 0 fully saturated rings. The molecule has 276 valence electrons. The average Bonchev–Trinajstić information content (AvgIpc) is 3.02. The summed E-state index contributed by atoms with van der Waals surface area (Å²) in [5, 5.41) is 0. The van der Waals surface area contributed by atoms with Crippen LogP contribution in [-0.2, 0) is 0 Å². The molecule has 0 aromatic carbocycles. The van der Waals surface area contributed by atoms with E-state index in [2.05, 4.69) is 27.7 Å². The highest BCUT2D eigenvalue weighted by atomic mass is 35.5. The quantitative estimate of drug-likeness (QED) is 0.0499. The van der Waals surface area contributed by atoms with Gasteiger partial charge in [-0.25, -0.2) is 0 Å². The lowest BCUT2D eigenvalue weighted by Crippen LogP contribution is -3.00. The van der Waals surface area contributed by atoms with Crippen LogP contribution in [0.3, 0.4) is 0 Å². The number of unbranched alkanes of at least 4 members (excludes halogenated alkanes) is 29. The van der Waals surface area contributed by atoms with Crippen LogP contribution in [-0.4, -0.2) is 18.0 Å². The van der Waals surface area contributed by atoms with Crippen LogP contribution in [0.15, 0.2) is 0 Å². The van der Waals surface area contributed by atoms with Gasteiger partial charge in [0.15, 0.2) is 0 Å². The molecule has 45 heavy (non-hydrogen) atoms. The first-order chi connectivity index (χ1) is 21.3. The lowest BCUT2D eigenvalue weighted by molar-refractivity contribution is -0.0000101. The van der Waals surface area contributed by atoms with Gasteiger partial charge in [-0.1, -0.05) is 227 Å². The zero-order valence-electron chi connectivity index (χ0n) is 32.6. The van der Waals surface area contributed by atoms with Crippen molar-refractivity contribution >= 4 is 7.92 Å². The summed E-state index contributed by atoms with van der Waals surface area (Å²) in [6.45, 7) is 9.38. The van der Waals surface area contributed by atoms with E-state index in [0.717, 1.165) is 5.66 Å². The van der Waals surface area contributed by atoms with Crippen LogP contribution in [0, 0.1) is 0 Å². The summed E-state index contributed by atoms with van der Waals surface area (Å²) in [6, 6.07) is 0. The van der Waals surface area contributed by atoms with Crippen molar-refractivity contribution in [3.05, 3.63) is 0 Å². The predicted molar refractivity (Wildman–Crippen MR) is 211 cm³/mol. The van der Waals surface area contributed by atoms with Gasteiger partial charge in [0.05, 0.1) is 0 Å². The summed E-state index contributed by atoms with van der Waals surface area (Å²) in [4.78, 5) is 0. The zero-order chi connectivity index (χ0) is 31.3. The molecule has 0 saturated heterocycles. The molecule has 0 rings (SSSR count). The molecule has 0 saturated carbocycles. The van der Waals surface area contributed by atoms with E-state index in [0.29, 0.717) is 0 Å². The molecule has 4 N–H and O–H groups in total. The molecular formula is C42H91ClNP. The highest BCUT2D eigenvalue weighted by Crippen LogP contribution is 2.48. The summed E-state index contributed by atoms with van der Waals surface area (Å²) in [5.41, 5.74) is 1.09. The van der Waals surface area contributed by atoms with Crippen molar-refractivity contribution in [2.24, 2.45) is 0 Å². The Hall–Kier alpha value is 0.680. The van der Waals surface area contributed by atoms with Crippen LogP contribution < -0.4 is 18.6 Å². The SMILES string of the molecule is CCCCCCCCCCCCCCCCCCC(CCCCCCC)P(CCCCCCCC)CCCCCCCC.[Cl-].[NH4+]. The minimum absolute atomic E-state index is 0. The van der Waals surface area contributed by atoms with Crippen LogP contribution in [0.4, 0.5) is 0 Å². The van der Waals surface area contributed by atoms with Crippen molar-refractivity contribution < 1.29 is 12.4 Å². The van der Waals surface area contributed by atoms with E-state index >= 15 is 0 Å². The van der Waals surface area contributed by atoms with Crippen LogP contribution in [0.25, 0.3) is 0 Å². The molecule has 1 atom stereocenters. The molecule has 1 nitrogen and oxygen atoms in total. The molecule has 1 unspecified atom stereocenters. The van der Waals surface area contributed by atoms with Gasteiger partial charge < -0.3 is 18.6 Å². The summed E-state index contributed by atoms with van der Waals surface area (Å²) >= 11 is 0. The van der Waals surface area contributed by atoms with Crippen molar-refractivity contribution in [2.45, 2.75) is 258 Å². The van der Waals surface area contributed by atoms with E-state index in [1.54, 1.807) is 25.2 Å². The summed E-state index contributed by atoms with van der Waals surface area (Å²) < 4.78 is 0. The second kappa shape index (κ2) is 44.7. The number of quaternary nitrogens is 1. The fraction of sp³-hybridized carbons (Fsp3) is 1.00. The summed E-state index contributed by atoms with van der Waals surface area (Å²) in [7, 11) is 0.259. The Morgan fingerprint density at radius 1 is 0.289 bits per heavy atom. The highest BCUT2D eigenvalue weighted by molar-refractivity contribution is 7.58. The molecule has 0 heterocycles. The molecule has 0 radical (unpaired) electrons. The molecule has 3 heteroatoms. The zero-order valence-corrected chi connectivity index (χ0v) is 34.2. The van der Waals surface area contributed by atoms with Crippen LogP contribution in [0.2, 0.25) is 0 Å². The first-order valence-corrected chi connectivity index (χ1v) is 22.8. The van der Waals surface area contributed by atoms with Gasteiger partial charge in [-0.2, -0.15) is 0 Å². The molecule has 0 spiro atoms. The van der Waals surface area contributed by atoms with Gasteiger partial charge in [-0.05, 0) is 43.7 Å². The Morgan fingerprint density at radius 3 is 0.733 bits per heavy atom. The van der Waals surface area contributed by atoms with E-state index < -0.39 is 0 Å². The van der Waals surface area contributed by atoms with Crippen molar-refractivity contribution in [2.75, 3.05) is 12.3 Å². The maximum Gasteiger partial charge on any atom is -0.0209 e. The summed E-state index contributed by atoms with van der Waals surface area (Å²) in [6.07, 6.45) is 55.2. The van der Waals surface area contributed by atoms with Gasteiger partial charge in [0.25, 0.3) is 0 Å². The Kier molecular flexibility index (Phi) is 49.7. The monoisotopic (exact) mass is 676 g/mol. The fourth-order valence-electron chi connectivity index (χ4n) is 7.09. The van der Waals surface area contributed by atoms with Gasteiger partial charge >= 0.3 is 0 Å². The van der Waals surface area contributed by atoms with Crippen molar-refractivity contribution in [1.29, 1.82) is 0 Å². The van der Waals surface area contributed by atoms with E-state index in [-0.39, 0.29) is 26.5 Å². The molecule has 0 aliphatic rings. The Bertz CT molecular complexity index is 471. The van der Waals surface area contributed by atoms with Crippen LogP contribution in [0.5, 0.6) is 0 Å². The van der Waals surface area contributed by atoms with E-state index in [1.165, 1.54) is 212 Å². The first kappa shape index (κ1) is 50.1. The smallest absolute Gasteiger partial charge is 0.0209 e. The minimum Gasteiger partial charge on any atom is -1.00 e. The lowest BCUT2D eigenvalue weighted by atomic mass is 10.0. The number of hydrogen-bond acceptors (Lipinski definition) is 0. The molecule has 0 amide bonds. The molecule has 0 aromatic heterocycles. The van der Waals surface area contributed by atoms with E-state index in [1.807, 2.05) is 0 Å². The predicted octanol–water partition coefficient (Wildman–Crippen LogP) is 14.0. The van der Waals surface area contributed by atoms with Crippen molar-refractivity contribution in [3.8, 4) is 0 Å². The molecule has 0 aliphatic heterocycles. The standard InChI is InChI=1S/C42H87P.ClH.H3N/c1-5-9-13-17-20-21-22-23-24-25-26-27-28-29-31-35-39-42(38-34-30-16-12-8-4)43(40-36-32-18-14-10-6-2)41-37-33-19-15-11-7-3;;/h42H,5-41H2,1-4H3;1H;1H3. The van der Waals surface area contributed by atoms with Crippen molar-refractivity contribution in [3.63, 3.8) is 0 Å².